The van der Waals surface area contributed by atoms with E-state index in [2.05, 4.69) is 26.5 Å². The van der Waals surface area contributed by atoms with Gasteiger partial charge in [-0.25, -0.2) is 4.79 Å². The van der Waals surface area contributed by atoms with Gasteiger partial charge in [0.2, 0.25) is 5.91 Å². The molecule has 0 radical (unpaired) electrons. The summed E-state index contributed by atoms with van der Waals surface area (Å²) in [5, 5.41) is 20.7. The minimum atomic E-state index is -0.817. The van der Waals surface area contributed by atoms with Crippen LogP contribution in [0.1, 0.15) is 44.2 Å². The Labute approximate surface area is 245 Å². The fourth-order valence-corrected chi connectivity index (χ4v) is 5.27. The van der Waals surface area contributed by atoms with E-state index in [0.717, 1.165) is 29.7 Å². The quantitative estimate of drug-likeness (QED) is 0.197. The summed E-state index contributed by atoms with van der Waals surface area (Å²) in [6.45, 7) is 4.06. The van der Waals surface area contributed by atoms with Crippen LogP contribution in [0.3, 0.4) is 0 Å². The molecule has 2 aromatic carbocycles. The molecule has 42 heavy (non-hydrogen) atoms. The van der Waals surface area contributed by atoms with Crippen molar-refractivity contribution in [2.24, 2.45) is 10.2 Å². The summed E-state index contributed by atoms with van der Waals surface area (Å²) in [5.41, 5.74) is 5.34. The predicted octanol–water partition coefficient (Wildman–Crippen LogP) is 5.95. The number of carbonyl (C=O) groups excluding carboxylic acids is 2. The number of halogens is 3. The number of nitrogens with zero attached hydrogens (tertiary/aromatic N) is 3. The van der Waals surface area contributed by atoms with Crippen molar-refractivity contribution >= 4 is 46.4 Å². The monoisotopic (exact) mass is 603 g/mol. The highest BCUT2D eigenvalue weighted by atomic mass is 32.2. The zero-order chi connectivity index (χ0) is 28.6. The number of carbonyl (C=O) groups is 2. The van der Waals surface area contributed by atoms with E-state index in [4.69, 9.17) is 10.1 Å². The molecular weight excluding hydrogens is 571 g/mol. The third kappa shape index (κ3) is 8.09. The maximum atomic E-state index is 12.6. The first-order valence-electron chi connectivity index (χ1n) is 12.6. The van der Waals surface area contributed by atoms with Crippen molar-refractivity contribution in [3.05, 3.63) is 82.6 Å². The lowest BCUT2D eigenvalue weighted by Crippen LogP contribution is -2.33. The maximum Gasteiger partial charge on any atom is 0.328 e. The van der Waals surface area contributed by atoms with Crippen LogP contribution < -0.4 is 10.3 Å². The Morgan fingerprint density at radius 3 is 2.48 bits per heavy atom. The van der Waals surface area contributed by atoms with Gasteiger partial charge in [-0.1, -0.05) is 42.1 Å². The minimum Gasteiger partial charge on any atom is -0.467 e. The zero-order valence-electron chi connectivity index (χ0n) is 23.3. The molecular formula is C29H32F3N5O4S. The summed E-state index contributed by atoms with van der Waals surface area (Å²) in [4.78, 5) is 30.3. The Balaban J connectivity index is 0.00000308. The zero-order valence-corrected chi connectivity index (χ0v) is 24.1. The highest BCUT2D eigenvalue weighted by molar-refractivity contribution is 8.15. The van der Waals surface area contributed by atoms with E-state index in [1.807, 2.05) is 13.8 Å². The third-order valence-electron chi connectivity index (χ3n) is 6.52. The van der Waals surface area contributed by atoms with Crippen LogP contribution in [0.5, 0.6) is 5.75 Å². The van der Waals surface area contributed by atoms with Crippen molar-refractivity contribution in [2.75, 3.05) is 18.2 Å². The Morgan fingerprint density at radius 2 is 1.86 bits per heavy atom. The largest absolute Gasteiger partial charge is 0.467 e. The number of hydrogen-bond donors (Lipinski definition) is 2. The molecule has 1 aliphatic heterocycles. The fourth-order valence-electron chi connectivity index (χ4n) is 4.46. The topological polar surface area (TPSA) is 116 Å². The van der Waals surface area contributed by atoms with Crippen molar-refractivity contribution in [1.82, 2.24) is 4.90 Å². The van der Waals surface area contributed by atoms with Gasteiger partial charge in [0.25, 0.3) is 0 Å². The highest BCUT2D eigenvalue weighted by Crippen LogP contribution is 2.33. The van der Waals surface area contributed by atoms with Crippen LogP contribution in [0.2, 0.25) is 0 Å². The molecule has 2 N–H and O–H groups in total. The molecule has 0 saturated carbocycles. The minimum absolute atomic E-state index is 0. The number of amides is 1. The van der Waals surface area contributed by atoms with E-state index < -0.39 is 12.0 Å². The third-order valence-corrected chi connectivity index (χ3v) is 7.44. The van der Waals surface area contributed by atoms with Gasteiger partial charge in [-0.2, -0.15) is 5.10 Å². The summed E-state index contributed by atoms with van der Waals surface area (Å²) in [6.07, 6.45) is 5.69. The second-order valence-corrected chi connectivity index (χ2v) is 10.3. The van der Waals surface area contributed by atoms with Crippen LogP contribution in [-0.4, -0.2) is 52.8 Å². The van der Waals surface area contributed by atoms with Gasteiger partial charge in [-0.05, 0) is 73.2 Å². The summed E-state index contributed by atoms with van der Waals surface area (Å²) < 4.78 is 17.2. The predicted molar refractivity (Wildman–Crippen MR) is 161 cm³/mol. The van der Waals surface area contributed by atoms with E-state index >= 15 is 0 Å². The van der Waals surface area contributed by atoms with E-state index in [1.54, 1.807) is 47.5 Å². The molecule has 1 heterocycles. The Morgan fingerprint density at radius 1 is 1.17 bits per heavy atom. The molecule has 0 aromatic heterocycles. The summed E-state index contributed by atoms with van der Waals surface area (Å²) in [7, 11) is 1.28. The highest BCUT2D eigenvalue weighted by Gasteiger charge is 2.33. The fraction of sp³-hybridized carbons (Fsp3) is 0.276. The normalized spacial score (nSPS) is 16.5. The van der Waals surface area contributed by atoms with Crippen LogP contribution in [0.25, 0.3) is 0 Å². The first-order valence-corrected chi connectivity index (χ1v) is 13.6. The van der Waals surface area contributed by atoms with E-state index in [1.165, 1.54) is 36.6 Å². The molecule has 0 bridgehead atoms. The van der Waals surface area contributed by atoms with Gasteiger partial charge >= 0.3 is 5.97 Å². The van der Waals surface area contributed by atoms with Crippen molar-refractivity contribution in [3.8, 4) is 5.75 Å². The molecule has 224 valence electrons. The number of rotatable bonds is 10. The number of methoxy groups -OCH3 is 1. The van der Waals surface area contributed by atoms with Crippen LogP contribution >= 0.6 is 11.8 Å². The van der Waals surface area contributed by atoms with Crippen molar-refractivity contribution in [2.45, 2.75) is 39.2 Å². The first kappa shape index (κ1) is 33.8. The van der Waals surface area contributed by atoms with Crippen molar-refractivity contribution in [1.29, 1.82) is 5.41 Å². The van der Waals surface area contributed by atoms with E-state index in [-0.39, 0.29) is 33.2 Å². The number of hydrogen-bond acceptors (Lipinski definition) is 9. The number of nitrogens with one attached hydrogen (secondary N) is 2. The van der Waals surface area contributed by atoms with Gasteiger partial charge in [0, 0.05) is 22.3 Å². The van der Waals surface area contributed by atoms with Crippen LogP contribution in [0, 0.1) is 5.41 Å². The molecule has 1 unspecified atom stereocenters. The molecule has 0 spiro atoms. The van der Waals surface area contributed by atoms with Crippen LogP contribution in [0.4, 0.5) is 19.6 Å². The number of allylic oxidation sites excluding steroid dienone is 3. The van der Waals surface area contributed by atoms with E-state index in [9.17, 15) is 14.1 Å². The van der Waals surface area contributed by atoms with Crippen LogP contribution in [0.15, 0.2) is 81.7 Å². The average Bonchev–Trinajstić information content (AvgIpc) is 3.32. The van der Waals surface area contributed by atoms with Crippen molar-refractivity contribution < 1.29 is 33.2 Å². The Hall–Kier alpha value is -4.39. The molecule has 9 nitrogen and oxygen atoms in total. The Bertz CT molecular complexity index is 1410. The molecule has 1 amide bonds. The van der Waals surface area contributed by atoms with Crippen LogP contribution in [-0.2, 0) is 14.3 Å². The van der Waals surface area contributed by atoms with Gasteiger partial charge in [-0.3, -0.25) is 24.0 Å². The number of ether oxygens (including phenoxy) is 1. The second kappa shape index (κ2) is 15.6. The lowest BCUT2D eigenvalue weighted by atomic mass is 9.97. The van der Waals surface area contributed by atoms with Gasteiger partial charge in [0.05, 0.1) is 24.8 Å². The SMILES string of the molecule is COC(=O)C(CC(=N)c1ccc(/C=N/N=C2\SCC(=O)N2C2=C(C)CCC=C2C)cc1)Nc1ccc(OF)cc1.F.F. The smallest absolute Gasteiger partial charge is 0.328 e. The molecule has 2 aliphatic rings. The molecule has 1 saturated heterocycles. The summed E-state index contributed by atoms with van der Waals surface area (Å²) in [5.74, 6) is -0.162. The van der Waals surface area contributed by atoms with Gasteiger partial charge in [0.1, 0.15) is 6.04 Å². The number of anilines is 1. The summed E-state index contributed by atoms with van der Waals surface area (Å²) >= 11 is 1.37. The lowest BCUT2D eigenvalue weighted by molar-refractivity contribution is -0.141. The van der Waals surface area contributed by atoms with Gasteiger partial charge < -0.3 is 15.5 Å². The molecule has 1 aliphatic carbocycles. The van der Waals surface area contributed by atoms with Crippen molar-refractivity contribution in [3.63, 3.8) is 0 Å². The van der Waals surface area contributed by atoms with E-state index in [0.29, 0.717) is 22.2 Å². The summed E-state index contributed by atoms with van der Waals surface area (Å²) in [6, 6.07) is 12.3. The second-order valence-electron chi connectivity index (χ2n) is 9.33. The molecule has 2 aromatic rings. The lowest BCUT2D eigenvalue weighted by Gasteiger charge is -2.25. The first-order chi connectivity index (χ1) is 19.3. The standard InChI is InChI=1S/C29H30FN5O4S.2FH/c1-18-5-4-6-19(2)27(18)35-26(36)17-40-29(35)34-32-16-20-7-9-21(10-8-20)24(31)15-25(28(37)38-3)33-22-11-13-23(39-30)14-12-22;;/h5,7-14,16,25,31,33H,4,6,15,17H2,1-3H3;2*1H/b31-24?,32-16+,34-29-;;. The van der Waals surface area contributed by atoms with Gasteiger partial charge in [0.15, 0.2) is 10.9 Å². The number of thioether (sulfide) groups is 1. The number of esters is 1. The molecule has 1 atom stereocenters. The molecule has 4 rings (SSSR count). The number of amidine groups is 1. The average molecular weight is 604 g/mol. The molecule has 1 fully saturated rings. The molecule has 13 heteroatoms. The number of benzene rings is 2. The Kier molecular flexibility index (Phi) is 12.5. The van der Waals surface area contributed by atoms with Gasteiger partial charge in [-0.15, -0.1) is 5.10 Å². The maximum absolute atomic E-state index is 12.6.